The van der Waals surface area contributed by atoms with Gasteiger partial charge in [-0.3, -0.25) is 9.59 Å². The molecule has 8 heteroatoms. The maximum atomic E-state index is 13.1. The first-order valence-corrected chi connectivity index (χ1v) is 10.3. The lowest BCUT2D eigenvalue weighted by Gasteiger charge is -2.30. The highest BCUT2D eigenvalue weighted by molar-refractivity contribution is 6.04. The second kappa shape index (κ2) is 8.22. The number of benzene rings is 2. The van der Waals surface area contributed by atoms with Crippen LogP contribution in [-0.4, -0.2) is 42.1 Å². The van der Waals surface area contributed by atoms with Gasteiger partial charge in [-0.25, -0.2) is 4.98 Å². The molecule has 32 heavy (non-hydrogen) atoms. The summed E-state index contributed by atoms with van der Waals surface area (Å²) in [6.45, 7) is 1.20. The first-order chi connectivity index (χ1) is 15.6. The van der Waals surface area contributed by atoms with Gasteiger partial charge in [-0.05, 0) is 29.3 Å². The fraction of sp³-hybridized carbons (Fsp3) is 0.208. The molecule has 0 atom stereocenters. The Bertz CT molecular complexity index is 1180. The zero-order chi connectivity index (χ0) is 22.1. The molecule has 0 spiro atoms. The van der Waals surface area contributed by atoms with E-state index in [1.165, 1.54) is 0 Å². The first-order valence-electron chi connectivity index (χ1n) is 10.3. The molecule has 2 aliphatic heterocycles. The lowest BCUT2D eigenvalue weighted by molar-refractivity contribution is -0.117. The van der Waals surface area contributed by atoms with Crippen molar-refractivity contribution in [3.8, 4) is 11.5 Å². The number of pyridine rings is 1. The van der Waals surface area contributed by atoms with Gasteiger partial charge in [0.2, 0.25) is 12.7 Å². The van der Waals surface area contributed by atoms with Crippen molar-refractivity contribution in [1.29, 1.82) is 0 Å². The van der Waals surface area contributed by atoms with Crippen LogP contribution in [0.3, 0.4) is 0 Å². The molecule has 2 aromatic carbocycles. The molecule has 1 N–H and O–H groups in total. The molecular weight excluding hydrogens is 408 g/mol. The van der Waals surface area contributed by atoms with Gasteiger partial charge in [-0.1, -0.05) is 36.4 Å². The quantitative estimate of drug-likeness (QED) is 0.670. The number of amides is 2. The molecule has 0 saturated carbocycles. The number of fused-ring (bicyclic) bond motifs is 2. The van der Waals surface area contributed by atoms with Gasteiger partial charge in [0.1, 0.15) is 0 Å². The van der Waals surface area contributed by atoms with Gasteiger partial charge >= 0.3 is 0 Å². The zero-order valence-electron chi connectivity index (χ0n) is 17.6. The van der Waals surface area contributed by atoms with Crippen LogP contribution < -0.4 is 19.7 Å². The van der Waals surface area contributed by atoms with Gasteiger partial charge in [-0.15, -0.1) is 0 Å². The number of aromatic nitrogens is 1. The highest BCUT2D eigenvalue weighted by atomic mass is 16.7. The van der Waals surface area contributed by atoms with E-state index in [4.69, 9.17) is 9.47 Å². The Morgan fingerprint density at radius 3 is 2.75 bits per heavy atom. The van der Waals surface area contributed by atoms with Crippen molar-refractivity contribution in [2.24, 2.45) is 0 Å². The molecule has 0 fully saturated rings. The predicted molar refractivity (Wildman–Crippen MR) is 119 cm³/mol. The molecule has 162 valence electrons. The third kappa shape index (κ3) is 3.82. The molecule has 0 bridgehead atoms. The fourth-order valence-electron chi connectivity index (χ4n) is 3.85. The van der Waals surface area contributed by atoms with Crippen LogP contribution in [0.1, 0.15) is 21.5 Å². The number of rotatable bonds is 5. The van der Waals surface area contributed by atoms with Crippen LogP contribution in [0.25, 0.3) is 0 Å². The van der Waals surface area contributed by atoms with E-state index in [0.717, 1.165) is 11.1 Å². The zero-order valence-corrected chi connectivity index (χ0v) is 17.6. The summed E-state index contributed by atoms with van der Waals surface area (Å²) in [6, 6.07) is 17.1. The third-order valence-corrected chi connectivity index (χ3v) is 5.50. The number of hydrogen-bond acceptors (Lipinski definition) is 6. The number of nitrogens with zero attached hydrogens (tertiary/aromatic N) is 3. The van der Waals surface area contributed by atoms with Gasteiger partial charge in [-0.2, -0.15) is 0 Å². The van der Waals surface area contributed by atoms with E-state index in [0.29, 0.717) is 41.7 Å². The number of hydrogen-bond donors (Lipinski definition) is 1. The average Bonchev–Trinajstić information content (AvgIpc) is 3.29. The van der Waals surface area contributed by atoms with Crippen molar-refractivity contribution in [2.75, 3.05) is 30.6 Å². The largest absolute Gasteiger partial charge is 0.454 e. The molecule has 3 aromatic rings. The predicted octanol–water partition coefficient (Wildman–Crippen LogP) is 3.04. The lowest BCUT2D eigenvalue weighted by Crippen LogP contribution is -2.40. The van der Waals surface area contributed by atoms with E-state index in [-0.39, 0.29) is 25.2 Å². The molecule has 2 aliphatic rings. The monoisotopic (exact) mass is 430 g/mol. The van der Waals surface area contributed by atoms with Crippen molar-refractivity contribution in [2.45, 2.75) is 13.1 Å². The molecule has 0 aliphatic carbocycles. The maximum absolute atomic E-state index is 13.1. The van der Waals surface area contributed by atoms with Gasteiger partial charge < -0.3 is 24.6 Å². The smallest absolute Gasteiger partial charge is 0.255 e. The Morgan fingerprint density at radius 2 is 1.91 bits per heavy atom. The first kappa shape index (κ1) is 19.9. The Kier molecular flexibility index (Phi) is 5.10. The summed E-state index contributed by atoms with van der Waals surface area (Å²) in [6.07, 6.45) is 1.54. The molecule has 3 heterocycles. The number of carbonyl (C=O) groups excluding carboxylic acids is 2. The number of carbonyl (C=O) groups is 2. The Balaban J connectivity index is 1.37. The number of anilines is 2. The Labute approximate surface area is 185 Å². The van der Waals surface area contributed by atoms with E-state index in [1.807, 2.05) is 48.5 Å². The van der Waals surface area contributed by atoms with Crippen LogP contribution in [-0.2, 0) is 17.9 Å². The van der Waals surface area contributed by atoms with E-state index < -0.39 is 0 Å². The van der Waals surface area contributed by atoms with Gasteiger partial charge in [0, 0.05) is 19.8 Å². The summed E-state index contributed by atoms with van der Waals surface area (Å²) in [4.78, 5) is 33.4. The Hall–Kier alpha value is -4.07. The summed E-state index contributed by atoms with van der Waals surface area (Å²) in [7, 11) is 1.73. The van der Waals surface area contributed by atoms with Crippen molar-refractivity contribution in [3.05, 3.63) is 77.5 Å². The minimum absolute atomic E-state index is 0.0681. The lowest BCUT2D eigenvalue weighted by atomic mass is 10.1. The summed E-state index contributed by atoms with van der Waals surface area (Å²) in [5.41, 5.74) is 2.96. The van der Waals surface area contributed by atoms with Crippen molar-refractivity contribution >= 4 is 23.3 Å². The van der Waals surface area contributed by atoms with Crippen molar-refractivity contribution in [1.82, 2.24) is 9.88 Å². The van der Waals surface area contributed by atoms with Crippen LogP contribution >= 0.6 is 0 Å². The summed E-state index contributed by atoms with van der Waals surface area (Å²) < 4.78 is 10.8. The molecule has 0 saturated heterocycles. The van der Waals surface area contributed by atoms with Crippen LogP contribution in [0.4, 0.5) is 11.5 Å². The van der Waals surface area contributed by atoms with E-state index >= 15 is 0 Å². The molecule has 8 nitrogen and oxygen atoms in total. The summed E-state index contributed by atoms with van der Waals surface area (Å²) >= 11 is 0. The van der Waals surface area contributed by atoms with E-state index in [1.54, 1.807) is 29.1 Å². The average molecular weight is 430 g/mol. The molecule has 2 amide bonds. The minimum atomic E-state index is -0.185. The Morgan fingerprint density at radius 1 is 1.09 bits per heavy atom. The molecule has 0 unspecified atom stereocenters. The summed E-state index contributed by atoms with van der Waals surface area (Å²) in [5, 5.41) is 3.03. The van der Waals surface area contributed by atoms with E-state index in [2.05, 4.69) is 10.3 Å². The number of ether oxygens (including phenoxy) is 2. The molecule has 0 radical (unpaired) electrons. The SMILES string of the molecule is CN(Cc1ccc2c(c1)OCO2)C(=O)c1cnc2c(c1)N(Cc1ccccc1)C(=O)CN2. The highest BCUT2D eigenvalue weighted by Crippen LogP contribution is 2.33. The van der Waals surface area contributed by atoms with Crippen LogP contribution in [0.15, 0.2) is 60.8 Å². The van der Waals surface area contributed by atoms with Crippen molar-refractivity contribution in [3.63, 3.8) is 0 Å². The van der Waals surface area contributed by atoms with Crippen LogP contribution in [0, 0.1) is 0 Å². The summed E-state index contributed by atoms with van der Waals surface area (Å²) in [5.74, 6) is 1.73. The normalized spacial score (nSPS) is 14.0. The molecular formula is C24H22N4O4. The maximum Gasteiger partial charge on any atom is 0.255 e. The second-order valence-electron chi connectivity index (χ2n) is 7.76. The fourth-order valence-corrected chi connectivity index (χ4v) is 3.85. The highest BCUT2D eigenvalue weighted by Gasteiger charge is 2.27. The van der Waals surface area contributed by atoms with Gasteiger partial charge in [0.25, 0.3) is 5.91 Å². The molecule has 1 aromatic heterocycles. The second-order valence-corrected chi connectivity index (χ2v) is 7.76. The van der Waals surface area contributed by atoms with Crippen molar-refractivity contribution < 1.29 is 19.1 Å². The van der Waals surface area contributed by atoms with Gasteiger partial charge in [0.05, 0.1) is 24.3 Å². The third-order valence-electron chi connectivity index (χ3n) is 5.50. The standard InChI is InChI=1S/C24H22N4O4/c1-27(13-17-7-8-20-21(9-17)32-15-31-20)24(30)18-10-19-23(25-11-18)26-12-22(29)28(19)14-16-5-3-2-4-6-16/h2-11H,12-15H2,1H3,(H,25,26). The topological polar surface area (TPSA) is 84.0 Å². The van der Waals surface area contributed by atoms with Crippen LogP contribution in [0.2, 0.25) is 0 Å². The van der Waals surface area contributed by atoms with Gasteiger partial charge in [0.15, 0.2) is 17.3 Å². The minimum Gasteiger partial charge on any atom is -0.454 e. The number of nitrogens with one attached hydrogen (secondary N) is 1. The molecule has 5 rings (SSSR count). The van der Waals surface area contributed by atoms with Crippen LogP contribution in [0.5, 0.6) is 11.5 Å². The van der Waals surface area contributed by atoms with E-state index in [9.17, 15) is 9.59 Å².